The third-order valence-corrected chi connectivity index (χ3v) is 3.72. The van der Waals surface area contributed by atoms with Crippen LogP contribution >= 0.6 is 0 Å². The SMILES string of the molecule is Cc1cccc(C(=O)C(=O)Cc2ccc(Cc3ccc(F)cc3)o2)n1. The summed E-state index contributed by atoms with van der Waals surface area (Å²) in [4.78, 5) is 28.4. The van der Waals surface area contributed by atoms with Crippen molar-refractivity contribution in [2.45, 2.75) is 19.8 Å². The third-order valence-electron chi connectivity index (χ3n) is 3.72. The molecule has 126 valence electrons. The molecule has 0 amide bonds. The molecule has 0 saturated carbocycles. The maximum absolute atomic E-state index is 12.9. The lowest BCUT2D eigenvalue weighted by Crippen LogP contribution is -2.18. The lowest BCUT2D eigenvalue weighted by molar-refractivity contribution is -0.114. The van der Waals surface area contributed by atoms with Crippen LogP contribution in [0.4, 0.5) is 4.39 Å². The molecule has 0 fully saturated rings. The highest BCUT2D eigenvalue weighted by molar-refractivity contribution is 6.43. The number of carbonyl (C=O) groups is 2. The van der Waals surface area contributed by atoms with E-state index in [1.807, 2.05) is 0 Å². The number of halogens is 1. The first-order valence-corrected chi connectivity index (χ1v) is 7.84. The second-order valence-electron chi connectivity index (χ2n) is 5.76. The number of hydrogen-bond acceptors (Lipinski definition) is 4. The van der Waals surface area contributed by atoms with Gasteiger partial charge in [-0.2, -0.15) is 0 Å². The van der Waals surface area contributed by atoms with E-state index >= 15 is 0 Å². The van der Waals surface area contributed by atoms with Crippen LogP contribution in [0.25, 0.3) is 0 Å². The predicted molar refractivity (Wildman–Crippen MR) is 89.9 cm³/mol. The van der Waals surface area contributed by atoms with Gasteiger partial charge < -0.3 is 4.42 Å². The zero-order valence-corrected chi connectivity index (χ0v) is 13.7. The Bertz CT molecular complexity index is 913. The molecule has 1 aromatic carbocycles. The van der Waals surface area contributed by atoms with Crippen LogP contribution in [0, 0.1) is 12.7 Å². The number of pyridine rings is 1. The smallest absolute Gasteiger partial charge is 0.247 e. The van der Waals surface area contributed by atoms with Crippen molar-refractivity contribution in [2.75, 3.05) is 0 Å². The first kappa shape index (κ1) is 16.8. The van der Waals surface area contributed by atoms with Gasteiger partial charge in [-0.1, -0.05) is 18.2 Å². The molecule has 0 N–H and O–H groups in total. The summed E-state index contributed by atoms with van der Waals surface area (Å²) < 4.78 is 18.5. The molecule has 0 radical (unpaired) electrons. The van der Waals surface area contributed by atoms with Crippen molar-refractivity contribution < 1.29 is 18.4 Å². The first-order valence-electron chi connectivity index (χ1n) is 7.84. The van der Waals surface area contributed by atoms with Crippen molar-refractivity contribution in [3.8, 4) is 0 Å². The molecule has 3 rings (SSSR count). The highest BCUT2D eigenvalue weighted by Crippen LogP contribution is 2.15. The maximum Gasteiger partial charge on any atom is 0.247 e. The van der Waals surface area contributed by atoms with Gasteiger partial charge in [-0.15, -0.1) is 0 Å². The Morgan fingerprint density at radius 1 is 1.00 bits per heavy atom. The Morgan fingerprint density at radius 3 is 2.44 bits per heavy atom. The summed E-state index contributed by atoms with van der Waals surface area (Å²) in [5.41, 5.74) is 1.72. The summed E-state index contributed by atoms with van der Waals surface area (Å²) in [6.45, 7) is 1.76. The van der Waals surface area contributed by atoms with E-state index in [9.17, 15) is 14.0 Å². The molecule has 2 heterocycles. The summed E-state index contributed by atoms with van der Waals surface area (Å²) in [6.07, 6.45) is 0.375. The largest absolute Gasteiger partial charge is 0.465 e. The summed E-state index contributed by atoms with van der Waals surface area (Å²) >= 11 is 0. The number of Topliss-reactive ketones (excluding diaryl/α,β-unsaturated/α-hetero) is 2. The van der Waals surface area contributed by atoms with Crippen molar-refractivity contribution >= 4 is 11.6 Å². The van der Waals surface area contributed by atoms with Gasteiger partial charge in [0.1, 0.15) is 23.0 Å². The van der Waals surface area contributed by atoms with E-state index in [0.717, 1.165) is 5.56 Å². The van der Waals surface area contributed by atoms with Gasteiger partial charge in [0.15, 0.2) is 0 Å². The van der Waals surface area contributed by atoms with Crippen LogP contribution in [-0.4, -0.2) is 16.6 Å². The predicted octanol–water partition coefficient (Wildman–Crippen LogP) is 3.71. The van der Waals surface area contributed by atoms with Crippen LogP contribution in [0.3, 0.4) is 0 Å². The Morgan fingerprint density at radius 2 is 1.72 bits per heavy atom. The van der Waals surface area contributed by atoms with E-state index in [-0.39, 0.29) is 17.9 Å². The van der Waals surface area contributed by atoms with Crippen LogP contribution in [-0.2, 0) is 17.6 Å². The van der Waals surface area contributed by atoms with Gasteiger partial charge in [0.2, 0.25) is 11.6 Å². The van der Waals surface area contributed by atoms with Gasteiger partial charge in [-0.3, -0.25) is 9.59 Å². The number of ketones is 2. The minimum atomic E-state index is -0.625. The minimum Gasteiger partial charge on any atom is -0.465 e. The number of aryl methyl sites for hydroxylation is 1. The third kappa shape index (κ3) is 4.26. The number of hydrogen-bond donors (Lipinski definition) is 0. The molecular formula is C20H16FNO3. The average Bonchev–Trinajstić information content (AvgIpc) is 3.03. The first-order chi connectivity index (χ1) is 12.0. The molecule has 2 aromatic heterocycles. The fourth-order valence-electron chi connectivity index (χ4n) is 2.47. The number of rotatable bonds is 6. The Kier molecular flexibility index (Phi) is 4.84. The van der Waals surface area contributed by atoms with Gasteiger partial charge in [-0.25, -0.2) is 9.37 Å². The molecule has 0 bridgehead atoms. The maximum atomic E-state index is 12.9. The summed E-state index contributed by atoms with van der Waals surface area (Å²) in [5, 5.41) is 0. The number of furan rings is 1. The highest BCUT2D eigenvalue weighted by Gasteiger charge is 2.19. The van der Waals surface area contributed by atoms with Crippen molar-refractivity contribution in [3.05, 3.63) is 88.9 Å². The fourth-order valence-corrected chi connectivity index (χ4v) is 2.47. The molecule has 0 aliphatic heterocycles. The number of benzene rings is 1. The molecule has 3 aromatic rings. The molecule has 0 saturated heterocycles. The molecule has 0 spiro atoms. The quantitative estimate of drug-likeness (QED) is 0.508. The number of nitrogens with zero attached hydrogens (tertiary/aromatic N) is 1. The van der Waals surface area contributed by atoms with Crippen LogP contribution < -0.4 is 0 Å². The molecule has 25 heavy (non-hydrogen) atoms. The van der Waals surface area contributed by atoms with E-state index in [1.165, 1.54) is 18.2 Å². The lowest BCUT2D eigenvalue weighted by Gasteiger charge is -2.00. The number of carbonyl (C=O) groups excluding carboxylic acids is 2. The van der Waals surface area contributed by atoms with Gasteiger partial charge >= 0.3 is 0 Å². The van der Waals surface area contributed by atoms with Gasteiger partial charge in [-0.05, 0) is 48.9 Å². The van der Waals surface area contributed by atoms with Crippen molar-refractivity contribution in [1.29, 1.82) is 0 Å². The molecule has 0 atom stereocenters. The second kappa shape index (κ2) is 7.21. The topological polar surface area (TPSA) is 60.2 Å². The molecule has 4 nitrogen and oxygen atoms in total. The van der Waals surface area contributed by atoms with Crippen molar-refractivity contribution in [2.24, 2.45) is 0 Å². The Labute approximate surface area is 144 Å². The summed E-state index contributed by atoms with van der Waals surface area (Å²) in [6, 6.07) is 14.5. The van der Waals surface area contributed by atoms with Gasteiger partial charge in [0.05, 0.1) is 6.42 Å². The summed E-state index contributed by atoms with van der Waals surface area (Å²) in [5.74, 6) is -0.419. The number of aromatic nitrogens is 1. The van der Waals surface area contributed by atoms with Crippen molar-refractivity contribution in [1.82, 2.24) is 4.98 Å². The molecule has 0 unspecified atom stereocenters. The van der Waals surface area contributed by atoms with E-state index in [4.69, 9.17) is 4.42 Å². The van der Waals surface area contributed by atoms with Crippen LogP contribution in [0.5, 0.6) is 0 Å². The monoisotopic (exact) mass is 337 g/mol. The van der Waals surface area contributed by atoms with Gasteiger partial charge in [0.25, 0.3) is 0 Å². The Hall–Kier alpha value is -3.08. The Balaban J connectivity index is 1.65. The van der Waals surface area contributed by atoms with Crippen molar-refractivity contribution in [3.63, 3.8) is 0 Å². The van der Waals surface area contributed by atoms with E-state index in [0.29, 0.717) is 23.6 Å². The lowest BCUT2D eigenvalue weighted by atomic mass is 10.1. The van der Waals surface area contributed by atoms with Crippen LogP contribution in [0.2, 0.25) is 0 Å². The zero-order valence-electron chi connectivity index (χ0n) is 13.7. The zero-order chi connectivity index (χ0) is 17.8. The standard InChI is InChI=1S/C20H16FNO3/c1-13-3-2-4-18(22-13)20(24)19(23)12-17-10-9-16(25-17)11-14-5-7-15(21)8-6-14/h2-10H,11-12H2,1H3. The summed E-state index contributed by atoms with van der Waals surface area (Å²) in [7, 11) is 0. The molecule has 0 aliphatic carbocycles. The molecule has 0 aliphatic rings. The van der Waals surface area contributed by atoms with Crippen LogP contribution in [0.1, 0.15) is 33.3 Å². The second-order valence-corrected chi connectivity index (χ2v) is 5.76. The van der Waals surface area contributed by atoms with E-state index < -0.39 is 11.6 Å². The minimum absolute atomic E-state index is 0.113. The van der Waals surface area contributed by atoms with Gasteiger partial charge in [0, 0.05) is 12.1 Å². The normalized spacial score (nSPS) is 10.6. The molecular weight excluding hydrogens is 321 g/mol. The fraction of sp³-hybridized carbons (Fsp3) is 0.150. The van der Waals surface area contributed by atoms with E-state index in [1.54, 1.807) is 43.3 Å². The highest BCUT2D eigenvalue weighted by atomic mass is 19.1. The van der Waals surface area contributed by atoms with E-state index in [2.05, 4.69) is 4.98 Å². The average molecular weight is 337 g/mol. The van der Waals surface area contributed by atoms with Crippen LogP contribution in [0.15, 0.2) is 59.0 Å². The molecule has 5 heteroatoms.